The van der Waals surface area contributed by atoms with Gasteiger partial charge < -0.3 is 10.5 Å². The van der Waals surface area contributed by atoms with Crippen molar-refractivity contribution in [2.75, 3.05) is 5.73 Å². The van der Waals surface area contributed by atoms with Crippen molar-refractivity contribution >= 4 is 11.5 Å². The van der Waals surface area contributed by atoms with E-state index in [0.29, 0.717) is 22.7 Å². The Hall–Kier alpha value is -2.36. The first-order chi connectivity index (χ1) is 8.58. The number of nitrogens with two attached hydrogens (primary N) is 1. The van der Waals surface area contributed by atoms with Crippen molar-refractivity contribution in [3.63, 3.8) is 0 Å². The number of aromatic nitrogens is 1. The monoisotopic (exact) mass is 242 g/mol. The van der Waals surface area contributed by atoms with Crippen LogP contribution in [-0.2, 0) is 0 Å². The molecule has 18 heavy (non-hydrogen) atoms. The molecule has 0 radical (unpaired) electrons. The highest BCUT2D eigenvalue weighted by Gasteiger charge is 2.07. The van der Waals surface area contributed by atoms with E-state index in [9.17, 15) is 4.79 Å². The molecule has 0 unspecified atom stereocenters. The first-order valence-electron chi connectivity index (χ1n) is 5.58. The number of Topliss-reactive ketones (excluding diaryl/α,β-unsaturated/α-hetero) is 1. The molecule has 1 heterocycles. The fourth-order valence-corrected chi connectivity index (χ4v) is 1.63. The second-order valence-corrected chi connectivity index (χ2v) is 3.99. The summed E-state index contributed by atoms with van der Waals surface area (Å²) in [5.74, 6) is 1.21. The Bertz CT molecular complexity index is 594. The van der Waals surface area contributed by atoms with Crippen LogP contribution in [0.1, 0.15) is 23.0 Å². The molecule has 2 rings (SSSR count). The molecule has 4 heteroatoms. The van der Waals surface area contributed by atoms with E-state index < -0.39 is 0 Å². The maximum absolute atomic E-state index is 11.3. The number of benzene rings is 1. The van der Waals surface area contributed by atoms with E-state index >= 15 is 0 Å². The highest BCUT2D eigenvalue weighted by atomic mass is 16.5. The van der Waals surface area contributed by atoms with Crippen molar-refractivity contribution in [1.29, 1.82) is 0 Å². The van der Waals surface area contributed by atoms with Crippen molar-refractivity contribution in [3.05, 3.63) is 47.8 Å². The number of carbonyl (C=O) groups excluding carboxylic acids is 1. The van der Waals surface area contributed by atoms with E-state index in [4.69, 9.17) is 10.5 Å². The predicted molar refractivity (Wildman–Crippen MR) is 69.9 cm³/mol. The van der Waals surface area contributed by atoms with E-state index in [1.54, 1.807) is 30.5 Å². The number of ketones is 1. The van der Waals surface area contributed by atoms with E-state index in [-0.39, 0.29) is 5.78 Å². The normalized spacial score (nSPS) is 10.1. The van der Waals surface area contributed by atoms with Crippen LogP contribution in [0.15, 0.2) is 36.5 Å². The van der Waals surface area contributed by atoms with Crippen molar-refractivity contribution in [2.24, 2.45) is 0 Å². The van der Waals surface area contributed by atoms with Gasteiger partial charge in [-0.15, -0.1) is 0 Å². The van der Waals surface area contributed by atoms with Gasteiger partial charge in [-0.2, -0.15) is 0 Å². The molecule has 92 valence electrons. The third kappa shape index (κ3) is 2.48. The maximum Gasteiger partial charge on any atom is 0.161 e. The quantitative estimate of drug-likeness (QED) is 0.663. The molecule has 1 aromatic carbocycles. The fourth-order valence-electron chi connectivity index (χ4n) is 1.63. The third-order valence-corrected chi connectivity index (χ3v) is 2.59. The number of nitrogens with zero attached hydrogens (tertiary/aromatic N) is 1. The summed E-state index contributed by atoms with van der Waals surface area (Å²) in [6.07, 6.45) is 1.70. The lowest BCUT2D eigenvalue weighted by atomic mass is 10.1. The smallest absolute Gasteiger partial charge is 0.161 e. The van der Waals surface area contributed by atoms with Gasteiger partial charge in [-0.3, -0.25) is 9.78 Å². The van der Waals surface area contributed by atoms with Gasteiger partial charge in [-0.05, 0) is 38.1 Å². The molecular weight excluding hydrogens is 228 g/mol. The Morgan fingerprint density at radius 1 is 1.33 bits per heavy atom. The number of nitrogen functional groups attached to an aromatic ring is 1. The third-order valence-electron chi connectivity index (χ3n) is 2.59. The summed E-state index contributed by atoms with van der Waals surface area (Å²) < 4.78 is 5.67. The highest BCUT2D eigenvalue weighted by molar-refractivity contribution is 5.99. The van der Waals surface area contributed by atoms with Crippen LogP contribution in [0.2, 0.25) is 0 Å². The Labute approximate surface area is 105 Å². The second-order valence-electron chi connectivity index (χ2n) is 3.99. The first-order valence-corrected chi connectivity index (χ1v) is 5.58. The average Bonchev–Trinajstić information content (AvgIpc) is 2.32. The summed E-state index contributed by atoms with van der Waals surface area (Å²) in [6.45, 7) is 3.35. The summed E-state index contributed by atoms with van der Waals surface area (Å²) in [7, 11) is 0. The van der Waals surface area contributed by atoms with E-state index in [2.05, 4.69) is 4.98 Å². The van der Waals surface area contributed by atoms with Gasteiger partial charge in [0.05, 0.1) is 5.69 Å². The minimum absolute atomic E-state index is 0.0587. The van der Waals surface area contributed by atoms with E-state index in [1.165, 1.54) is 6.92 Å². The molecule has 0 saturated carbocycles. The molecule has 0 bridgehead atoms. The molecule has 0 aliphatic rings. The molecule has 0 aliphatic carbocycles. The Morgan fingerprint density at radius 2 is 2.11 bits per heavy atom. The lowest BCUT2D eigenvalue weighted by molar-refractivity contribution is 0.101. The van der Waals surface area contributed by atoms with Gasteiger partial charge in [0.2, 0.25) is 0 Å². The number of aryl methyl sites for hydroxylation is 1. The lowest BCUT2D eigenvalue weighted by Gasteiger charge is -2.09. The van der Waals surface area contributed by atoms with Crippen LogP contribution in [-0.4, -0.2) is 10.8 Å². The zero-order chi connectivity index (χ0) is 13.1. The van der Waals surface area contributed by atoms with Gasteiger partial charge in [0.1, 0.15) is 11.5 Å². The second kappa shape index (κ2) is 4.87. The molecule has 0 atom stereocenters. The highest BCUT2D eigenvalue weighted by Crippen LogP contribution is 2.26. The average molecular weight is 242 g/mol. The van der Waals surface area contributed by atoms with Crippen molar-refractivity contribution in [2.45, 2.75) is 13.8 Å². The van der Waals surface area contributed by atoms with Crippen molar-refractivity contribution < 1.29 is 9.53 Å². The van der Waals surface area contributed by atoms with Crippen LogP contribution in [0.3, 0.4) is 0 Å². The number of hydrogen-bond donors (Lipinski definition) is 1. The number of carbonyl (C=O) groups is 1. The van der Waals surface area contributed by atoms with Gasteiger partial charge in [-0.25, -0.2) is 0 Å². The van der Waals surface area contributed by atoms with Crippen molar-refractivity contribution in [1.82, 2.24) is 4.98 Å². The zero-order valence-electron chi connectivity index (χ0n) is 10.3. The summed E-state index contributed by atoms with van der Waals surface area (Å²) in [5, 5.41) is 0. The summed E-state index contributed by atoms with van der Waals surface area (Å²) in [4.78, 5) is 15.4. The summed E-state index contributed by atoms with van der Waals surface area (Å²) in [6, 6.07) is 8.66. The molecule has 1 aromatic heterocycles. The van der Waals surface area contributed by atoms with E-state index in [1.807, 2.05) is 13.0 Å². The summed E-state index contributed by atoms with van der Waals surface area (Å²) in [5.41, 5.74) is 7.52. The Balaban J connectivity index is 2.29. The van der Waals surface area contributed by atoms with Gasteiger partial charge in [0.25, 0.3) is 0 Å². The lowest BCUT2D eigenvalue weighted by Crippen LogP contribution is -2.00. The van der Waals surface area contributed by atoms with Crippen LogP contribution in [0.4, 0.5) is 5.69 Å². The molecule has 2 aromatic rings. The van der Waals surface area contributed by atoms with Gasteiger partial charge >= 0.3 is 0 Å². The number of pyridine rings is 1. The van der Waals surface area contributed by atoms with Crippen LogP contribution in [0, 0.1) is 6.92 Å². The molecule has 0 amide bonds. The van der Waals surface area contributed by atoms with Gasteiger partial charge in [0.15, 0.2) is 5.78 Å². The van der Waals surface area contributed by atoms with E-state index in [0.717, 1.165) is 5.69 Å². The standard InChI is InChI=1S/C14H14N2O2/c1-9-14(4-3-7-16-9)18-11-5-6-12(10(2)17)13(15)8-11/h3-8H,15H2,1-2H3. The topological polar surface area (TPSA) is 65.2 Å². The molecule has 4 nitrogen and oxygen atoms in total. The molecular formula is C14H14N2O2. The SMILES string of the molecule is CC(=O)c1ccc(Oc2cccnc2C)cc1N. The Kier molecular flexibility index (Phi) is 3.28. The van der Waals surface area contributed by atoms with Crippen LogP contribution >= 0.6 is 0 Å². The number of ether oxygens (including phenoxy) is 1. The predicted octanol–water partition coefficient (Wildman–Crippen LogP) is 2.97. The minimum Gasteiger partial charge on any atom is -0.455 e. The maximum atomic E-state index is 11.3. The Morgan fingerprint density at radius 3 is 2.72 bits per heavy atom. The van der Waals surface area contributed by atoms with Gasteiger partial charge in [0, 0.05) is 23.5 Å². The van der Waals surface area contributed by atoms with Crippen LogP contribution < -0.4 is 10.5 Å². The first kappa shape index (κ1) is 12.1. The van der Waals surface area contributed by atoms with Crippen LogP contribution in [0.25, 0.3) is 0 Å². The van der Waals surface area contributed by atoms with Crippen molar-refractivity contribution in [3.8, 4) is 11.5 Å². The largest absolute Gasteiger partial charge is 0.455 e. The molecule has 0 saturated heterocycles. The fraction of sp³-hybridized carbons (Fsp3) is 0.143. The van der Waals surface area contributed by atoms with Crippen LogP contribution in [0.5, 0.6) is 11.5 Å². The minimum atomic E-state index is -0.0587. The molecule has 0 aliphatic heterocycles. The molecule has 0 fully saturated rings. The number of anilines is 1. The summed E-state index contributed by atoms with van der Waals surface area (Å²) >= 11 is 0. The zero-order valence-corrected chi connectivity index (χ0v) is 10.3. The molecule has 2 N–H and O–H groups in total. The number of rotatable bonds is 3. The number of hydrogen-bond acceptors (Lipinski definition) is 4. The molecule has 0 spiro atoms. The van der Waals surface area contributed by atoms with Gasteiger partial charge in [-0.1, -0.05) is 0 Å².